The summed E-state index contributed by atoms with van der Waals surface area (Å²) in [5.74, 6) is 0.872. The van der Waals surface area contributed by atoms with E-state index in [1.165, 1.54) is 16.0 Å². The first-order chi connectivity index (χ1) is 13.3. The fraction of sp³-hybridized carbons (Fsp3) is 0.476. The highest BCUT2D eigenvalue weighted by atomic mass is 127. The molecule has 1 aliphatic heterocycles. The number of hydrogen-bond donors (Lipinski definition) is 2. The van der Waals surface area contributed by atoms with Crippen molar-refractivity contribution in [2.24, 2.45) is 4.99 Å². The van der Waals surface area contributed by atoms with Gasteiger partial charge in [0.15, 0.2) is 5.96 Å². The Morgan fingerprint density at radius 3 is 2.57 bits per heavy atom. The molecule has 2 N–H and O–H groups in total. The summed E-state index contributed by atoms with van der Waals surface area (Å²) in [5.41, 5.74) is 2.63. The van der Waals surface area contributed by atoms with Crippen LogP contribution >= 0.6 is 35.3 Å². The van der Waals surface area contributed by atoms with Crippen molar-refractivity contribution in [1.82, 2.24) is 15.5 Å². The van der Waals surface area contributed by atoms with Gasteiger partial charge in [0.1, 0.15) is 0 Å². The molecular weight excluding hydrogens is 483 g/mol. The fourth-order valence-electron chi connectivity index (χ4n) is 3.23. The summed E-state index contributed by atoms with van der Waals surface area (Å²) in [4.78, 5) is 8.52. The van der Waals surface area contributed by atoms with E-state index in [1.807, 2.05) is 0 Å². The van der Waals surface area contributed by atoms with Crippen molar-refractivity contribution in [3.05, 3.63) is 57.8 Å². The molecule has 0 saturated carbocycles. The van der Waals surface area contributed by atoms with Crippen LogP contribution < -0.4 is 10.6 Å². The van der Waals surface area contributed by atoms with Gasteiger partial charge in [-0.2, -0.15) is 0 Å². The number of nitrogens with one attached hydrogen (secondary N) is 2. The van der Waals surface area contributed by atoms with E-state index in [0.29, 0.717) is 12.6 Å². The molecule has 1 aliphatic rings. The lowest BCUT2D eigenvalue weighted by molar-refractivity contribution is 0.0170. The highest BCUT2D eigenvalue weighted by Crippen LogP contribution is 2.21. The van der Waals surface area contributed by atoms with Crippen molar-refractivity contribution in [3.8, 4) is 0 Å². The molecule has 154 valence electrons. The van der Waals surface area contributed by atoms with E-state index in [9.17, 15) is 0 Å². The van der Waals surface area contributed by atoms with E-state index in [-0.39, 0.29) is 24.0 Å². The van der Waals surface area contributed by atoms with E-state index in [0.717, 1.165) is 45.4 Å². The number of morpholine rings is 1. The third-order valence-electron chi connectivity index (χ3n) is 4.73. The Balaban J connectivity index is 0.00000280. The van der Waals surface area contributed by atoms with Gasteiger partial charge in [-0.1, -0.05) is 35.9 Å². The third kappa shape index (κ3) is 7.02. The number of hydrogen-bond acceptors (Lipinski definition) is 4. The van der Waals surface area contributed by atoms with Crippen molar-refractivity contribution < 1.29 is 4.74 Å². The van der Waals surface area contributed by atoms with E-state index >= 15 is 0 Å². The van der Waals surface area contributed by atoms with Crippen LogP contribution in [0.4, 0.5) is 0 Å². The number of halogens is 1. The topological polar surface area (TPSA) is 48.9 Å². The lowest BCUT2D eigenvalue weighted by atomic mass is 10.0. The molecule has 0 amide bonds. The SMILES string of the molecule is CCNC(=NCc1cccs1)NCC(c1ccc(C)cc1)N1CCOCC1.I. The van der Waals surface area contributed by atoms with Crippen molar-refractivity contribution in [2.45, 2.75) is 26.4 Å². The molecule has 1 saturated heterocycles. The molecule has 2 heterocycles. The van der Waals surface area contributed by atoms with Crippen LogP contribution in [0.5, 0.6) is 0 Å². The van der Waals surface area contributed by atoms with Gasteiger partial charge in [0.2, 0.25) is 0 Å². The van der Waals surface area contributed by atoms with Crippen molar-refractivity contribution in [3.63, 3.8) is 0 Å². The van der Waals surface area contributed by atoms with E-state index in [4.69, 9.17) is 9.73 Å². The van der Waals surface area contributed by atoms with Gasteiger partial charge in [0.25, 0.3) is 0 Å². The Kier molecular flexibility index (Phi) is 10.3. The van der Waals surface area contributed by atoms with Crippen LogP contribution in [-0.2, 0) is 11.3 Å². The first-order valence-corrected chi connectivity index (χ1v) is 10.6. The second-order valence-electron chi connectivity index (χ2n) is 6.73. The number of guanidine groups is 1. The molecule has 1 unspecified atom stereocenters. The van der Waals surface area contributed by atoms with Crippen molar-refractivity contribution in [2.75, 3.05) is 39.4 Å². The Bertz CT molecular complexity index is 700. The number of nitrogens with zero attached hydrogens (tertiary/aromatic N) is 2. The molecule has 0 aliphatic carbocycles. The zero-order chi connectivity index (χ0) is 18.9. The van der Waals surface area contributed by atoms with E-state index in [1.54, 1.807) is 11.3 Å². The molecule has 5 nitrogen and oxygen atoms in total. The van der Waals surface area contributed by atoms with Crippen molar-refractivity contribution in [1.29, 1.82) is 0 Å². The first-order valence-electron chi connectivity index (χ1n) is 9.69. The summed E-state index contributed by atoms with van der Waals surface area (Å²) in [6, 6.07) is 13.4. The molecule has 28 heavy (non-hydrogen) atoms. The number of aliphatic imine (C=N–C) groups is 1. The molecule has 0 bridgehead atoms. The van der Waals surface area contributed by atoms with Crippen LogP contribution in [0.2, 0.25) is 0 Å². The average molecular weight is 514 g/mol. The monoisotopic (exact) mass is 514 g/mol. The van der Waals surface area contributed by atoms with Gasteiger partial charge in [0.05, 0.1) is 25.8 Å². The van der Waals surface area contributed by atoms with E-state index < -0.39 is 0 Å². The third-order valence-corrected chi connectivity index (χ3v) is 5.59. The minimum Gasteiger partial charge on any atom is -0.379 e. The normalized spacial score (nSPS) is 16.3. The second-order valence-corrected chi connectivity index (χ2v) is 7.76. The van der Waals surface area contributed by atoms with Gasteiger partial charge >= 0.3 is 0 Å². The van der Waals surface area contributed by atoms with Gasteiger partial charge < -0.3 is 15.4 Å². The Morgan fingerprint density at radius 1 is 1.18 bits per heavy atom. The molecule has 2 aromatic rings. The summed E-state index contributed by atoms with van der Waals surface area (Å²) in [7, 11) is 0. The molecular formula is C21H31IN4OS. The summed E-state index contributed by atoms with van der Waals surface area (Å²) in [6.45, 7) is 10.1. The van der Waals surface area contributed by atoms with Gasteiger partial charge in [-0.3, -0.25) is 4.90 Å². The van der Waals surface area contributed by atoms with Crippen LogP contribution in [0.25, 0.3) is 0 Å². The largest absolute Gasteiger partial charge is 0.379 e. The number of ether oxygens (including phenoxy) is 1. The molecule has 3 rings (SSSR count). The van der Waals surface area contributed by atoms with Crippen molar-refractivity contribution >= 4 is 41.3 Å². The summed E-state index contributed by atoms with van der Waals surface area (Å²) >= 11 is 1.74. The lowest BCUT2D eigenvalue weighted by Crippen LogP contribution is -2.46. The molecule has 7 heteroatoms. The minimum atomic E-state index is 0. The maximum Gasteiger partial charge on any atom is 0.191 e. The first kappa shape index (κ1) is 23.1. The Morgan fingerprint density at radius 2 is 1.93 bits per heavy atom. The molecule has 1 aromatic heterocycles. The maximum atomic E-state index is 5.55. The average Bonchev–Trinajstić information content (AvgIpc) is 3.22. The summed E-state index contributed by atoms with van der Waals surface area (Å²) in [6.07, 6.45) is 0. The predicted molar refractivity (Wildman–Crippen MR) is 129 cm³/mol. The highest BCUT2D eigenvalue weighted by molar-refractivity contribution is 14.0. The van der Waals surface area contributed by atoms with Gasteiger partial charge in [0, 0.05) is 31.1 Å². The molecule has 1 fully saturated rings. The zero-order valence-electron chi connectivity index (χ0n) is 16.7. The maximum absolute atomic E-state index is 5.55. The Labute approximate surface area is 189 Å². The van der Waals surface area contributed by atoms with Crippen LogP contribution in [-0.4, -0.2) is 50.3 Å². The fourth-order valence-corrected chi connectivity index (χ4v) is 3.86. The van der Waals surface area contributed by atoms with Crippen LogP contribution in [0, 0.1) is 6.92 Å². The number of benzene rings is 1. The minimum absolute atomic E-state index is 0. The molecule has 1 aromatic carbocycles. The highest BCUT2D eigenvalue weighted by Gasteiger charge is 2.22. The van der Waals surface area contributed by atoms with Crippen LogP contribution in [0.3, 0.4) is 0 Å². The Hall–Kier alpha value is -1.16. The number of rotatable bonds is 7. The van der Waals surface area contributed by atoms with E-state index in [2.05, 4.69) is 71.2 Å². The van der Waals surface area contributed by atoms with Crippen LogP contribution in [0.15, 0.2) is 46.8 Å². The molecule has 1 atom stereocenters. The standard InChI is InChI=1S/C21H30N4OS.HI/c1-3-22-21(23-15-19-5-4-14-27-19)24-16-20(25-10-12-26-13-11-25)18-8-6-17(2)7-9-18;/h4-9,14,20H,3,10-13,15-16H2,1-2H3,(H2,22,23,24);1H. The quantitative estimate of drug-likeness (QED) is 0.335. The van der Waals surface area contributed by atoms with Gasteiger partial charge in [-0.05, 0) is 30.9 Å². The molecule has 0 radical (unpaired) electrons. The zero-order valence-corrected chi connectivity index (χ0v) is 19.8. The number of aryl methyl sites for hydroxylation is 1. The predicted octanol–water partition coefficient (Wildman–Crippen LogP) is 3.80. The van der Waals surface area contributed by atoms with Gasteiger partial charge in [-0.15, -0.1) is 35.3 Å². The summed E-state index contributed by atoms with van der Waals surface area (Å²) in [5, 5.41) is 9.01. The number of thiophene rings is 1. The smallest absolute Gasteiger partial charge is 0.191 e. The molecule has 0 spiro atoms. The van der Waals surface area contributed by atoms with Crippen LogP contribution in [0.1, 0.15) is 29.0 Å². The second kappa shape index (κ2) is 12.4. The lowest BCUT2D eigenvalue weighted by Gasteiger charge is -2.35. The summed E-state index contributed by atoms with van der Waals surface area (Å²) < 4.78 is 5.55. The van der Waals surface area contributed by atoms with Gasteiger partial charge in [-0.25, -0.2) is 4.99 Å².